The van der Waals surface area contributed by atoms with Crippen LogP contribution in [0.3, 0.4) is 0 Å². The maximum absolute atomic E-state index is 5.88. The van der Waals surface area contributed by atoms with Gasteiger partial charge in [0, 0.05) is 18.3 Å². The third-order valence-corrected chi connectivity index (χ3v) is 3.77. The summed E-state index contributed by atoms with van der Waals surface area (Å²) in [6.45, 7) is 0.728. The summed E-state index contributed by atoms with van der Waals surface area (Å²) in [6, 6.07) is 10.8. The number of anilines is 1. The van der Waals surface area contributed by atoms with E-state index in [0.717, 1.165) is 12.5 Å². The van der Waals surface area contributed by atoms with E-state index < -0.39 is 0 Å². The van der Waals surface area contributed by atoms with Gasteiger partial charge < -0.3 is 11.1 Å². The van der Waals surface area contributed by atoms with Crippen LogP contribution in [0.5, 0.6) is 0 Å². The molecule has 1 aliphatic carbocycles. The fraction of sp³-hybridized carbons (Fsp3) is 0.600. The molecule has 17 heavy (non-hydrogen) atoms. The highest BCUT2D eigenvalue weighted by Gasteiger charge is 2.17. The summed E-state index contributed by atoms with van der Waals surface area (Å²) < 4.78 is 0. The number of hydrogen-bond donors (Lipinski definition) is 2. The molecule has 2 heteroatoms. The Morgan fingerprint density at radius 3 is 2.47 bits per heavy atom. The minimum Gasteiger partial charge on any atom is -0.381 e. The Hall–Kier alpha value is -1.02. The zero-order chi connectivity index (χ0) is 11.9. The second kappa shape index (κ2) is 6.65. The highest BCUT2D eigenvalue weighted by atomic mass is 14.9. The van der Waals surface area contributed by atoms with E-state index >= 15 is 0 Å². The molecule has 0 aromatic heterocycles. The van der Waals surface area contributed by atoms with Crippen molar-refractivity contribution in [2.75, 3.05) is 11.9 Å². The molecule has 1 aliphatic rings. The maximum Gasteiger partial charge on any atom is 0.0386 e. The van der Waals surface area contributed by atoms with Crippen LogP contribution < -0.4 is 11.1 Å². The topological polar surface area (TPSA) is 38.0 Å². The van der Waals surface area contributed by atoms with Crippen LogP contribution in [0, 0.1) is 5.92 Å². The average molecular weight is 232 g/mol. The van der Waals surface area contributed by atoms with Gasteiger partial charge in [0.1, 0.15) is 0 Å². The van der Waals surface area contributed by atoms with Gasteiger partial charge in [-0.25, -0.2) is 0 Å². The van der Waals surface area contributed by atoms with Crippen LogP contribution in [0.2, 0.25) is 0 Å². The number of rotatable bonds is 5. The SMILES string of the molecule is NCC(CC1CCCCC1)Nc1ccccc1. The van der Waals surface area contributed by atoms with Crippen molar-refractivity contribution in [3.8, 4) is 0 Å². The Labute approximate surface area is 105 Å². The second-order valence-electron chi connectivity index (χ2n) is 5.18. The molecule has 0 amide bonds. The predicted molar refractivity (Wildman–Crippen MR) is 74.1 cm³/mol. The van der Waals surface area contributed by atoms with E-state index in [4.69, 9.17) is 5.73 Å². The maximum atomic E-state index is 5.88. The number of nitrogens with one attached hydrogen (secondary N) is 1. The molecule has 2 nitrogen and oxygen atoms in total. The van der Waals surface area contributed by atoms with E-state index in [1.165, 1.54) is 44.2 Å². The zero-order valence-corrected chi connectivity index (χ0v) is 10.6. The van der Waals surface area contributed by atoms with Gasteiger partial charge in [-0.2, -0.15) is 0 Å². The van der Waals surface area contributed by atoms with Crippen molar-refractivity contribution in [1.29, 1.82) is 0 Å². The number of benzene rings is 1. The Morgan fingerprint density at radius 1 is 1.12 bits per heavy atom. The van der Waals surface area contributed by atoms with E-state index in [2.05, 4.69) is 29.6 Å². The number of nitrogens with two attached hydrogens (primary N) is 1. The molecular weight excluding hydrogens is 208 g/mol. The quantitative estimate of drug-likeness (QED) is 0.816. The van der Waals surface area contributed by atoms with Crippen LogP contribution in [0.4, 0.5) is 5.69 Å². The summed E-state index contributed by atoms with van der Waals surface area (Å²) in [6.07, 6.45) is 8.27. The van der Waals surface area contributed by atoms with Gasteiger partial charge in [0.25, 0.3) is 0 Å². The third-order valence-electron chi connectivity index (χ3n) is 3.77. The van der Waals surface area contributed by atoms with Crippen LogP contribution in [0.25, 0.3) is 0 Å². The fourth-order valence-corrected chi connectivity index (χ4v) is 2.81. The third kappa shape index (κ3) is 4.04. The molecule has 1 aromatic rings. The monoisotopic (exact) mass is 232 g/mol. The lowest BCUT2D eigenvalue weighted by Crippen LogP contribution is -2.31. The van der Waals surface area contributed by atoms with Gasteiger partial charge >= 0.3 is 0 Å². The van der Waals surface area contributed by atoms with Gasteiger partial charge in [-0.15, -0.1) is 0 Å². The summed E-state index contributed by atoms with van der Waals surface area (Å²) in [5, 5.41) is 3.55. The first-order valence-corrected chi connectivity index (χ1v) is 6.90. The molecule has 0 heterocycles. The minimum atomic E-state index is 0.431. The Bertz CT molecular complexity index is 304. The summed E-state index contributed by atoms with van der Waals surface area (Å²) in [5.41, 5.74) is 7.07. The normalized spacial score (nSPS) is 18.9. The standard InChI is InChI=1S/C15H24N2/c16-12-15(11-13-7-3-1-4-8-13)17-14-9-5-2-6-10-14/h2,5-6,9-10,13,15,17H,1,3-4,7-8,11-12,16H2. The number of para-hydroxylation sites is 1. The summed E-state index contributed by atoms with van der Waals surface area (Å²) >= 11 is 0. The molecule has 1 atom stereocenters. The van der Waals surface area contributed by atoms with Crippen molar-refractivity contribution in [1.82, 2.24) is 0 Å². The molecule has 1 unspecified atom stereocenters. The smallest absolute Gasteiger partial charge is 0.0386 e. The fourth-order valence-electron chi connectivity index (χ4n) is 2.81. The van der Waals surface area contributed by atoms with Crippen LogP contribution >= 0.6 is 0 Å². The molecule has 0 spiro atoms. The van der Waals surface area contributed by atoms with Crippen LogP contribution in [-0.4, -0.2) is 12.6 Å². The first-order valence-electron chi connectivity index (χ1n) is 6.90. The molecule has 0 radical (unpaired) electrons. The Morgan fingerprint density at radius 2 is 1.82 bits per heavy atom. The first kappa shape index (κ1) is 12.4. The van der Waals surface area contributed by atoms with E-state index in [0.29, 0.717) is 6.04 Å². The predicted octanol–water partition coefficient (Wildman–Crippen LogP) is 3.40. The molecule has 3 N–H and O–H groups in total. The number of hydrogen-bond acceptors (Lipinski definition) is 2. The molecule has 0 aliphatic heterocycles. The van der Waals surface area contributed by atoms with Gasteiger partial charge in [-0.3, -0.25) is 0 Å². The van der Waals surface area contributed by atoms with Crippen molar-refractivity contribution >= 4 is 5.69 Å². The highest BCUT2D eigenvalue weighted by molar-refractivity contribution is 5.43. The summed E-state index contributed by atoms with van der Waals surface area (Å²) in [5.74, 6) is 0.883. The molecule has 1 aromatic carbocycles. The Balaban J connectivity index is 1.83. The molecule has 1 fully saturated rings. The van der Waals surface area contributed by atoms with Crippen LogP contribution in [0.1, 0.15) is 38.5 Å². The molecule has 94 valence electrons. The molecule has 2 rings (SSSR count). The largest absolute Gasteiger partial charge is 0.381 e. The second-order valence-corrected chi connectivity index (χ2v) is 5.18. The van der Waals surface area contributed by atoms with Gasteiger partial charge in [-0.1, -0.05) is 50.3 Å². The van der Waals surface area contributed by atoms with Crippen LogP contribution in [-0.2, 0) is 0 Å². The van der Waals surface area contributed by atoms with Gasteiger partial charge in [0.15, 0.2) is 0 Å². The molecule has 1 saturated carbocycles. The lowest BCUT2D eigenvalue weighted by Gasteiger charge is -2.27. The minimum absolute atomic E-state index is 0.431. The van der Waals surface area contributed by atoms with Crippen molar-refractivity contribution < 1.29 is 0 Å². The molecule has 0 bridgehead atoms. The summed E-state index contributed by atoms with van der Waals surface area (Å²) in [7, 11) is 0. The average Bonchev–Trinajstić information content (AvgIpc) is 2.40. The Kier molecular flexibility index (Phi) is 4.87. The van der Waals surface area contributed by atoms with Crippen LogP contribution in [0.15, 0.2) is 30.3 Å². The van der Waals surface area contributed by atoms with Crippen molar-refractivity contribution in [3.63, 3.8) is 0 Å². The lowest BCUT2D eigenvalue weighted by atomic mass is 9.85. The van der Waals surface area contributed by atoms with Crippen molar-refractivity contribution in [3.05, 3.63) is 30.3 Å². The van der Waals surface area contributed by atoms with E-state index in [-0.39, 0.29) is 0 Å². The molecule has 0 saturated heterocycles. The molecular formula is C15H24N2. The van der Waals surface area contributed by atoms with Gasteiger partial charge in [-0.05, 0) is 24.5 Å². The van der Waals surface area contributed by atoms with E-state index in [9.17, 15) is 0 Å². The van der Waals surface area contributed by atoms with Crippen molar-refractivity contribution in [2.24, 2.45) is 11.7 Å². The van der Waals surface area contributed by atoms with Gasteiger partial charge in [0.2, 0.25) is 0 Å². The zero-order valence-electron chi connectivity index (χ0n) is 10.6. The van der Waals surface area contributed by atoms with Crippen molar-refractivity contribution in [2.45, 2.75) is 44.6 Å². The van der Waals surface area contributed by atoms with Gasteiger partial charge in [0.05, 0.1) is 0 Å². The van der Waals surface area contributed by atoms with E-state index in [1.54, 1.807) is 0 Å². The van der Waals surface area contributed by atoms with E-state index in [1.807, 2.05) is 6.07 Å². The highest BCUT2D eigenvalue weighted by Crippen LogP contribution is 2.27. The lowest BCUT2D eigenvalue weighted by molar-refractivity contribution is 0.324. The first-order chi connectivity index (χ1) is 8.38. The summed E-state index contributed by atoms with van der Waals surface area (Å²) in [4.78, 5) is 0.